The summed E-state index contributed by atoms with van der Waals surface area (Å²) in [6, 6.07) is -0.887. The van der Waals surface area contributed by atoms with Gasteiger partial charge in [0.15, 0.2) is 18.9 Å². The third-order valence-electron chi connectivity index (χ3n) is 20.2. The van der Waals surface area contributed by atoms with Crippen molar-refractivity contribution in [1.82, 2.24) is 5.32 Å². The summed E-state index contributed by atoms with van der Waals surface area (Å²) in [4.78, 5) is 13.5. The molecular formula is C79H147NO18. The Bertz CT molecular complexity index is 1910. The first-order valence-corrected chi connectivity index (χ1v) is 40.2. The minimum Gasteiger partial charge on any atom is -0.394 e. The number of rotatable bonds is 64. The molecule has 0 aromatic carbocycles. The van der Waals surface area contributed by atoms with E-state index in [-0.39, 0.29) is 18.9 Å². The molecule has 19 nitrogen and oxygen atoms in total. The normalized spacial score (nSPS) is 26.9. The number of amides is 1. The minimum absolute atomic E-state index is 0.237. The van der Waals surface area contributed by atoms with Gasteiger partial charge in [-0.3, -0.25) is 4.79 Å². The summed E-state index contributed by atoms with van der Waals surface area (Å²) in [6.45, 7) is 1.84. The molecule has 576 valence electrons. The van der Waals surface area contributed by atoms with Crippen molar-refractivity contribution in [2.45, 2.75) is 433 Å². The van der Waals surface area contributed by atoms with Gasteiger partial charge < -0.3 is 89.9 Å². The second kappa shape index (κ2) is 60.3. The summed E-state index contributed by atoms with van der Waals surface area (Å²) in [6.07, 6.45) is 46.6. The molecule has 0 aromatic rings. The topological polar surface area (TPSA) is 307 Å². The quantitative estimate of drug-likeness (QED) is 0.0199. The number of carbonyl (C=O) groups is 1. The minimum atomic E-state index is -1.97. The van der Waals surface area contributed by atoms with Gasteiger partial charge in [0, 0.05) is 6.42 Å². The highest BCUT2D eigenvalue weighted by Gasteiger charge is 2.54. The van der Waals surface area contributed by atoms with E-state index in [1.807, 2.05) is 0 Å². The van der Waals surface area contributed by atoms with E-state index in [9.17, 15) is 61.0 Å². The van der Waals surface area contributed by atoms with Gasteiger partial charge >= 0.3 is 0 Å². The Morgan fingerprint density at radius 1 is 0.367 bits per heavy atom. The molecule has 3 aliphatic rings. The summed E-state index contributed by atoms with van der Waals surface area (Å²) in [5, 5.41) is 121. The smallest absolute Gasteiger partial charge is 0.220 e. The first-order chi connectivity index (χ1) is 47.8. The van der Waals surface area contributed by atoms with Crippen LogP contribution in [0.5, 0.6) is 0 Å². The molecule has 17 atom stereocenters. The summed E-state index contributed by atoms with van der Waals surface area (Å²) in [7, 11) is 0. The maximum Gasteiger partial charge on any atom is 0.220 e. The fourth-order valence-corrected chi connectivity index (χ4v) is 13.7. The number of hydrogen-bond acceptors (Lipinski definition) is 18. The van der Waals surface area contributed by atoms with Crippen LogP contribution in [0.25, 0.3) is 0 Å². The lowest BCUT2D eigenvalue weighted by Crippen LogP contribution is -2.66. The molecular weight excluding hydrogens is 1250 g/mol. The highest BCUT2D eigenvalue weighted by Crippen LogP contribution is 2.33. The summed E-state index contributed by atoms with van der Waals surface area (Å²) in [5.74, 6) is -0.237. The Labute approximate surface area is 593 Å². The Balaban J connectivity index is 1.35. The molecule has 17 unspecified atom stereocenters. The number of allylic oxidation sites excluding steroid dienone is 6. The van der Waals surface area contributed by atoms with E-state index >= 15 is 0 Å². The lowest BCUT2D eigenvalue weighted by molar-refractivity contribution is -0.379. The van der Waals surface area contributed by atoms with Crippen LogP contribution < -0.4 is 5.32 Å². The summed E-state index contributed by atoms with van der Waals surface area (Å²) in [5.41, 5.74) is 0. The van der Waals surface area contributed by atoms with Gasteiger partial charge in [-0.15, -0.1) is 0 Å². The molecule has 19 heteroatoms. The number of carbonyl (C=O) groups excluding carboxylic acids is 1. The fourth-order valence-electron chi connectivity index (χ4n) is 13.7. The van der Waals surface area contributed by atoms with E-state index in [1.54, 1.807) is 0 Å². The van der Waals surface area contributed by atoms with Crippen molar-refractivity contribution < 1.29 is 89.4 Å². The molecule has 12 N–H and O–H groups in total. The molecule has 0 bridgehead atoms. The van der Waals surface area contributed by atoms with Crippen LogP contribution in [0.15, 0.2) is 36.5 Å². The number of hydrogen-bond donors (Lipinski definition) is 12. The average molecular weight is 1400 g/mol. The zero-order valence-electron chi connectivity index (χ0n) is 61.5. The van der Waals surface area contributed by atoms with Crippen molar-refractivity contribution in [3.63, 3.8) is 0 Å². The second-order valence-electron chi connectivity index (χ2n) is 28.9. The summed E-state index contributed by atoms with van der Waals surface area (Å²) < 4.78 is 34.5. The van der Waals surface area contributed by atoms with E-state index in [2.05, 4.69) is 55.6 Å². The van der Waals surface area contributed by atoms with E-state index < -0.39 is 124 Å². The first-order valence-electron chi connectivity index (χ1n) is 40.2. The van der Waals surface area contributed by atoms with Crippen LogP contribution in [0.2, 0.25) is 0 Å². The molecule has 3 saturated heterocycles. The molecule has 0 aliphatic carbocycles. The Morgan fingerprint density at radius 3 is 1.05 bits per heavy atom. The van der Waals surface area contributed by atoms with Crippen molar-refractivity contribution in [1.29, 1.82) is 0 Å². The highest BCUT2D eigenvalue weighted by molar-refractivity contribution is 5.76. The third-order valence-corrected chi connectivity index (χ3v) is 20.2. The van der Waals surface area contributed by atoms with Crippen molar-refractivity contribution in [2.75, 3.05) is 26.4 Å². The van der Waals surface area contributed by atoms with Gasteiger partial charge in [0.05, 0.1) is 38.6 Å². The SMILES string of the molecule is CCCCCCC/C=C\C/C=C\C/C=C\CCCCCCCCCCCCCCCCCCCCC(=O)NC(COC1OC(CO)C(OC2OC(CO)C(OC3OC(CO)C(O)C(O)C3O)C(O)C2O)C(O)C1O)C(O)CCCCCCCCCCCCCCCCCCCCCC. The van der Waals surface area contributed by atoms with Crippen molar-refractivity contribution in [3.05, 3.63) is 36.5 Å². The largest absolute Gasteiger partial charge is 0.394 e. The van der Waals surface area contributed by atoms with Crippen LogP contribution in [0.4, 0.5) is 0 Å². The molecule has 0 spiro atoms. The molecule has 98 heavy (non-hydrogen) atoms. The first kappa shape index (κ1) is 90.2. The van der Waals surface area contributed by atoms with Crippen LogP contribution in [-0.4, -0.2) is 193 Å². The molecule has 1 amide bonds. The average Bonchev–Trinajstić information content (AvgIpc) is 0.782. The van der Waals surface area contributed by atoms with Gasteiger partial charge in [-0.1, -0.05) is 307 Å². The zero-order chi connectivity index (χ0) is 71.1. The Morgan fingerprint density at radius 2 is 0.673 bits per heavy atom. The van der Waals surface area contributed by atoms with E-state index in [0.29, 0.717) is 12.8 Å². The van der Waals surface area contributed by atoms with Crippen LogP contribution in [0.3, 0.4) is 0 Å². The number of nitrogens with one attached hydrogen (secondary N) is 1. The van der Waals surface area contributed by atoms with Gasteiger partial charge in [0.25, 0.3) is 0 Å². The number of aliphatic hydroxyl groups excluding tert-OH is 11. The Hall–Kier alpha value is -1.99. The van der Waals surface area contributed by atoms with Gasteiger partial charge in [-0.25, -0.2) is 0 Å². The van der Waals surface area contributed by atoms with E-state index in [0.717, 1.165) is 57.8 Å². The molecule has 0 radical (unpaired) electrons. The highest BCUT2D eigenvalue weighted by atomic mass is 16.8. The van der Waals surface area contributed by atoms with Crippen LogP contribution >= 0.6 is 0 Å². The third kappa shape index (κ3) is 40.3. The molecule has 3 fully saturated rings. The number of unbranched alkanes of at least 4 members (excludes halogenated alkanes) is 42. The number of aliphatic hydroxyl groups is 11. The summed E-state index contributed by atoms with van der Waals surface area (Å²) >= 11 is 0. The van der Waals surface area contributed by atoms with Crippen molar-refractivity contribution in [2.24, 2.45) is 0 Å². The Kier molecular flexibility index (Phi) is 55.5. The second-order valence-corrected chi connectivity index (χ2v) is 28.9. The lowest BCUT2D eigenvalue weighted by Gasteiger charge is -2.48. The fraction of sp³-hybridized carbons (Fsp3) is 0.911. The maximum absolute atomic E-state index is 13.5. The zero-order valence-corrected chi connectivity index (χ0v) is 61.5. The predicted molar refractivity (Wildman–Crippen MR) is 388 cm³/mol. The van der Waals surface area contributed by atoms with Gasteiger partial charge in [-0.2, -0.15) is 0 Å². The van der Waals surface area contributed by atoms with Crippen molar-refractivity contribution in [3.8, 4) is 0 Å². The lowest BCUT2D eigenvalue weighted by atomic mass is 9.96. The van der Waals surface area contributed by atoms with Gasteiger partial charge in [0.2, 0.25) is 5.91 Å². The van der Waals surface area contributed by atoms with Crippen LogP contribution in [0, 0.1) is 0 Å². The van der Waals surface area contributed by atoms with Crippen molar-refractivity contribution >= 4 is 5.91 Å². The standard InChI is InChI=1S/C79H147NO18/c1-3-5-7-9-11-13-15-17-19-21-23-25-26-27-28-29-30-31-32-33-34-35-36-37-39-41-43-45-47-49-51-53-55-57-67(85)80-62(63(84)56-54-52-50-48-46-44-42-40-38-24-22-20-18-16-14-12-10-8-6-4-2)61-93-77-73(91)70(88)75(65(59-82)95-77)98-79-74(92)71(89)76(66(60-83)96-79)97-78-72(90)69(87)68(86)64(58-81)94-78/h15,17,21,23,26-27,62-66,68-79,81-84,86-92H,3-14,16,18-20,22,24-25,28-61H2,1-2H3,(H,80,85)/b17-15-,23-21-,27-26-. The molecule has 3 aliphatic heterocycles. The van der Waals surface area contributed by atoms with E-state index in [4.69, 9.17) is 28.4 Å². The van der Waals surface area contributed by atoms with Crippen LogP contribution in [0.1, 0.15) is 328 Å². The maximum atomic E-state index is 13.5. The monoisotopic (exact) mass is 1400 g/mol. The number of ether oxygens (including phenoxy) is 6. The van der Waals surface area contributed by atoms with Gasteiger partial charge in [0.1, 0.15) is 73.2 Å². The molecule has 3 rings (SSSR count). The molecule has 3 heterocycles. The predicted octanol–water partition coefficient (Wildman–Crippen LogP) is 13.1. The molecule has 0 aromatic heterocycles. The van der Waals surface area contributed by atoms with E-state index in [1.165, 1.54) is 238 Å². The molecule has 0 saturated carbocycles. The van der Waals surface area contributed by atoms with Crippen LogP contribution in [-0.2, 0) is 33.2 Å². The van der Waals surface area contributed by atoms with Gasteiger partial charge in [-0.05, 0) is 51.4 Å².